The molecule has 0 aromatic heterocycles. The first-order chi connectivity index (χ1) is 6.86. The first kappa shape index (κ1) is 11.3. The molecule has 0 heterocycles. The van der Waals surface area contributed by atoms with Crippen molar-refractivity contribution in [1.29, 1.82) is 0 Å². The van der Waals surface area contributed by atoms with Crippen LogP contribution < -0.4 is 4.43 Å². The second-order valence-electron chi connectivity index (χ2n) is 3.24. The van der Waals surface area contributed by atoms with Crippen LogP contribution in [0.2, 0.25) is 6.04 Å². The molecule has 2 nitrogen and oxygen atoms in total. The van der Waals surface area contributed by atoms with Gasteiger partial charge in [-0.2, -0.15) is 0 Å². The van der Waals surface area contributed by atoms with Crippen LogP contribution in [0.15, 0.2) is 30.3 Å². The summed E-state index contributed by atoms with van der Waals surface area (Å²) >= 11 is 0. The third-order valence-electron chi connectivity index (χ3n) is 2.07. The second-order valence-corrected chi connectivity index (χ2v) is 5.38. The summed E-state index contributed by atoms with van der Waals surface area (Å²) in [6.45, 7) is 2.18. The zero-order valence-electron chi connectivity index (χ0n) is 8.90. The molecule has 1 aromatic rings. The molecule has 3 heteroatoms. The van der Waals surface area contributed by atoms with Crippen molar-refractivity contribution in [3.63, 3.8) is 0 Å². The highest BCUT2D eigenvalue weighted by atomic mass is 28.3. The highest BCUT2D eigenvalue weighted by Gasteiger charge is 2.11. The van der Waals surface area contributed by atoms with Gasteiger partial charge in [-0.15, -0.1) is 0 Å². The molecule has 0 N–H and O–H groups in total. The third kappa shape index (κ3) is 3.94. The highest BCUT2D eigenvalue weighted by Crippen LogP contribution is 2.12. The Morgan fingerprint density at radius 1 is 1.21 bits per heavy atom. The molecule has 0 aliphatic heterocycles. The van der Waals surface area contributed by atoms with Gasteiger partial charge in [-0.1, -0.05) is 38.0 Å². The van der Waals surface area contributed by atoms with E-state index < -0.39 is 9.28 Å². The van der Waals surface area contributed by atoms with Gasteiger partial charge >= 0.3 is 9.28 Å². The summed E-state index contributed by atoms with van der Waals surface area (Å²) in [5.74, 6) is 0.933. The van der Waals surface area contributed by atoms with E-state index in [4.69, 9.17) is 8.85 Å². The molecule has 0 radical (unpaired) electrons. The van der Waals surface area contributed by atoms with Crippen LogP contribution >= 0.6 is 0 Å². The van der Waals surface area contributed by atoms with E-state index in [0.29, 0.717) is 0 Å². The van der Waals surface area contributed by atoms with Crippen molar-refractivity contribution >= 4 is 9.28 Å². The summed E-state index contributed by atoms with van der Waals surface area (Å²) in [6, 6.07) is 11.0. The molecular formula is C11H18O2Si. The summed E-state index contributed by atoms with van der Waals surface area (Å²) in [5.41, 5.74) is 0. The maximum Gasteiger partial charge on any atom is 0.382 e. The number of hydrogen-bond acceptors (Lipinski definition) is 2. The minimum atomic E-state index is -1.46. The molecule has 1 atom stereocenters. The number of para-hydroxylation sites is 1. The smallest absolute Gasteiger partial charge is 0.382 e. The second kappa shape index (κ2) is 6.62. The molecule has 0 bridgehead atoms. The Morgan fingerprint density at radius 2 is 1.93 bits per heavy atom. The summed E-state index contributed by atoms with van der Waals surface area (Å²) < 4.78 is 11.2. The van der Waals surface area contributed by atoms with Gasteiger partial charge < -0.3 is 8.85 Å². The van der Waals surface area contributed by atoms with Crippen LogP contribution in [0.4, 0.5) is 0 Å². The van der Waals surface area contributed by atoms with Crippen molar-refractivity contribution in [2.45, 2.75) is 25.8 Å². The van der Waals surface area contributed by atoms with E-state index in [-0.39, 0.29) is 0 Å². The molecule has 1 aromatic carbocycles. The molecule has 1 unspecified atom stereocenters. The van der Waals surface area contributed by atoms with Crippen LogP contribution in [0, 0.1) is 0 Å². The van der Waals surface area contributed by atoms with E-state index in [1.807, 2.05) is 30.3 Å². The third-order valence-corrected chi connectivity index (χ3v) is 4.01. The number of rotatable bonds is 6. The fourth-order valence-electron chi connectivity index (χ4n) is 1.25. The van der Waals surface area contributed by atoms with Crippen molar-refractivity contribution < 1.29 is 8.85 Å². The predicted octanol–water partition coefficient (Wildman–Crippen LogP) is 2.73. The van der Waals surface area contributed by atoms with Gasteiger partial charge in [0.25, 0.3) is 0 Å². The molecule has 1 rings (SSSR count). The molecule has 0 saturated carbocycles. The number of hydrogen-bond donors (Lipinski definition) is 0. The molecule has 0 amide bonds. The number of unbranched alkanes of at least 4 members (excludes halogenated alkanes) is 1. The Hall–Kier alpha value is -0.803. The lowest BCUT2D eigenvalue weighted by Gasteiger charge is -2.14. The highest BCUT2D eigenvalue weighted by molar-refractivity contribution is 6.45. The Labute approximate surface area is 87.7 Å². The standard InChI is InChI=1S/C11H18O2Si/c1-3-4-10-14(12-2)13-11-8-6-5-7-9-11/h5-9,14H,3-4,10H2,1-2H3. The van der Waals surface area contributed by atoms with Gasteiger partial charge in [-0.3, -0.25) is 0 Å². The van der Waals surface area contributed by atoms with E-state index in [2.05, 4.69) is 6.92 Å². The summed E-state index contributed by atoms with van der Waals surface area (Å²) in [7, 11) is 0.288. The molecule has 0 spiro atoms. The lowest BCUT2D eigenvalue weighted by Crippen LogP contribution is -2.24. The van der Waals surface area contributed by atoms with E-state index in [1.54, 1.807) is 7.11 Å². The van der Waals surface area contributed by atoms with Crippen molar-refractivity contribution in [3.05, 3.63) is 30.3 Å². The van der Waals surface area contributed by atoms with Crippen LogP contribution in [0.3, 0.4) is 0 Å². The predicted molar refractivity (Wildman–Crippen MR) is 60.9 cm³/mol. The van der Waals surface area contributed by atoms with Gasteiger partial charge in [-0.05, 0) is 18.2 Å². The lowest BCUT2D eigenvalue weighted by atomic mass is 10.3. The van der Waals surface area contributed by atoms with Gasteiger partial charge in [0.1, 0.15) is 5.75 Å². The lowest BCUT2D eigenvalue weighted by molar-refractivity contribution is 0.332. The van der Waals surface area contributed by atoms with Crippen molar-refractivity contribution in [2.75, 3.05) is 7.11 Å². The van der Waals surface area contributed by atoms with Gasteiger partial charge in [0, 0.05) is 7.11 Å². The maximum atomic E-state index is 5.78. The van der Waals surface area contributed by atoms with Crippen LogP contribution in [-0.2, 0) is 4.43 Å². The molecule has 14 heavy (non-hydrogen) atoms. The van der Waals surface area contributed by atoms with Gasteiger partial charge in [-0.25, -0.2) is 0 Å². The van der Waals surface area contributed by atoms with E-state index in [1.165, 1.54) is 12.8 Å². The van der Waals surface area contributed by atoms with Gasteiger partial charge in [0.05, 0.1) is 0 Å². The van der Waals surface area contributed by atoms with Crippen LogP contribution in [-0.4, -0.2) is 16.4 Å². The molecular weight excluding hydrogens is 192 g/mol. The largest absolute Gasteiger partial charge is 0.522 e. The summed E-state index contributed by atoms with van der Waals surface area (Å²) in [5, 5.41) is 0. The zero-order valence-corrected chi connectivity index (χ0v) is 10.1. The minimum absolute atomic E-state index is 0.933. The number of benzene rings is 1. The molecule has 0 aliphatic carbocycles. The average Bonchev–Trinajstić information content (AvgIpc) is 2.25. The monoisotopic (exact) mass is 210 g/mol. The Balaban J connectivity index is 2.40. The SMILES string of the molecule is CCCC[SiH](OC)Oc1ccccc1. The Kier molecular flexibility index (Phi) is 5.33. The molecule has 0 saturated heterocycles. The van der Waals surface area contributed by atoms with Gasteiger partial charge in [0.15, 0.2) is 0 Å². The van der Waals surface area contributed by atoms with E-state index in [0.717, 1.165) is 11.8 Å². The Morgan fingerprint density at radius 3 is 2.50 bits per heavy atom. The summed E-state index contributed by atoms with van der Waals surface area (Å²) in [6.07, 6.45) is 2.39. The van der Waals surface area contributed by atoms with E-state index in [9.17, 15) is 0 Å². The van der Waals surface area contributed by atoms with Crippen molar-refractivity contribution in [3.8, 4) is 5.75 Å². The van der Waals surface area contributed by atoms with Crippen LogP contribution in [0.1, 0.15) is 19.8 Å². The normalized spacial score (nSPS) is 12.4. The van der Waals surface area contributed by atoms with Gasteiger partial charge in [0.2, 0.25) is 0 Å². The first-order valence-electron chi connectivity index (χ1n) is 5.11. The first-order valence-corrected chi connectivity index (χ1v) is 6.87. The maximum absolute atomic E-state index is 5.78. The zero-order chi connectivity index (χ0) is 10.2. The molecule has 78 valence electrons. The van der Waals surface area contributed by atoms with Crippen LogP contribution in [0.25, 0.3) is 0 Å². The Bertz CT molecular complexity index is 238. The van der Waals surface area contributed by atoms with Crippen molar-refractivity contribution in [2.24, 2.45) is 0 Å². The molecule has 0 fully saturated rings. The fraction of sp³-hybridized carbons (Fsp3) is 0.455. The van der Waals surface area contributed by atoms with E-state index >= 15 is 0 Å². The molecule has 0 aliphatic rings. The minimum Gasteiger partial charge on any atom is -0.522 e. The average molecular weight is 210 g/mol. The summed E-state index contributed by atoms with van der Waals surface area (Å²) in [4.78, 5) is 0. The topological polar surface area (TPSA) is 18.5 Å². The van der Waals surface area contributed by atoms with Crippen LogP contribution in [0.5, 0.6) is 5.75 Å². The van der Waals surface area contributed by atoms with Crippen molar-refractivity contribution in [1.82, 2.24) is 0 Å². The fourth-order valence-corrected chi connectivity index (χ4v) is 2.90. The quantitative estimate of drug-likeness (QED) is 0.672.